The summed E-state index contributed by atoms with van der Waals surface area (Å²) in [6.07, 6.45) is 6.02. The van der Waals surface area contributed by atoms with Gasteiger partial charge in [-0.3, -0.25) is 14.8 Å². The molecule has 2 heterocycles. The molecule has 1 amide bonds. The van der Waals surface area contributed by atoms with Crippen LogP contribution in [-0.2, 0) is 0 Å². The zero-order valence-corrected chi connectivity index (χ0v) is 19.4. The number of carbonyl (C=O) groups excluding carboxylic acids is 1. The molecule has 176 valence electrons. The summed E-state index contributed by atoms with van der Waals surface area (Å²) in [5, 5.41) is 2.92. The second kappa shape index (κ2) is 10.0. The van der Waals surface area contributed by atoms with E-state index in [1.165, 1.54) is 23.2 Å². The van der Waals surface area contributed by atoms with Gasteiger partial charge >= 0.3 is 5.76 Å². The molecule has 0 saturated carbocycles. The van der Waals surface area contributed by atoms with E-state index in [1.807, 2.05) is 31.2 Å². The number of nitrogens with two attached hydrogens (primary N) is 1. The molecular weight excluding hydrogens is 442 g/mol. The summed E-state index contributed by atoms with van der Waals surface area (Å²) < 4.78 is 6.85. The van der Waals surface area contributed by atoms with Crippen LogP contribution in [0.1, 0.15) is 22.8 Å². The van der Waals surface area contributed by atoms with Crippen LogP contribution in [0.15, 0.2) is 99.6 Å². The third-order valence-electron chi connectivity index (χ3n) is 5.45. The summed E-state index contributed by atoms with van der Waals surface area (Å²) in [5.41, 5.74) is 10.2. The van der Waals surface area contributed by atoms with Crippen molar-refractivity contribution in [1.82, 2.24) is 14.9 Å². The molecule has 2 aromatic carbocycles. The third-order valence-corrected chi connectivity index (χ3v) is 5.45. The number of pyridine rings is 1. The summed E-state index contributed by atoms with van der Waals surface area (Å²) in [4.78, 5) is 34.5. The number of amides is 1. The van der Waals surface area contributed by atoms with Gasteiger partial charge in [-0.25, -0.2) is 9.36 Å². The molecule has 0 bridgehead atoms. The summed E-state index contributed by atoms with van der Waals surface area (Å²) >= 11 is 0. The number of hydrogen-bond acceptors (Lipinski definition) is 6. The van der Waals surface area contributed by atoms with Crippen LogP contribution in [0, 0.1) is 6.92 Å². The summed E-state index contributed by atoms with van der Waals surface area (Å²) in [6, 6.07) is 15.8. The smallest absolute Gasteiger partial charge is 0.407 e. The molecule has 8 heteroatoms. The van der Waals surface area contributed by atoms with Crippen molar-refractivity contribution in [1.29, 1.82) is 0 Å². The molecule has 0 saturated heterocycles. The maximum atomic E-state index is 13.2. The highest BCUT2D eigenvalue weighted by atomic mass is 16.4. The fourth-order valence-corrected chi connectivity index (χ4v) is 3.54. The van der Waals surface area contributed by atoms with Crippen molar-refractivity contribution in [2.24, 2.45) is 10.7 Å². The second-order valence-corrected chi connectivity index (χ2v) is 8.05. The zero-order valence-electron chi connectivity index (χ0n) is 19.4. The van der Waals surface area contributed by atoms with Crippen LogP contribution in [0.25, 0.3) is 28.0 Å². The van der Waals surface area contributed by atoms with Gasteiger partial charge in [0.15, 0.2) is 5.58 Å². The summed E-state index contributed by atoms with van der Waals surface area (Å²) in [6.45, 7) is 7.70. The van der Waals surface area contributed by atoms with Crippen molar-refractivity contribution >= 4 is 23.2 Å². The molecule has 4 rings (SSSR count). The number of carbonyl (C=O) groups is 1. The number of benzene rings is 2. The van der Waals surface area contributed by atoms with Crippen molar-refractivity contribution in [3.8, 4) is 16.9 Å². The Hall–Kier alpha value is -4.72. The van der Waals surface area contributed by atoms with E-state index < -0.39 is 5.76 Å². The van der Waals surface area contributed by atoms with Crippen molar-refractivity contribution in [2.45, 2.75) is 19.9 Å². The number of nitrogens with one attached hydrogen (secondary N) is 1. The lowest BCUT2D eigenvalue weighted by atomic mass is 10.0. The van der Waals surface area contributed by atoms with Crippen LogP contribution in [0.2, 0.25) is 0 Å². The quantitative estimate of drug-likeness (QED) is 0.397. The van der Waals surface area contributed by atoms with Gasteiger partial charge in [-0.1, -0.05) is 24.8 Å². The fourth-order valence-electron chi connectivity index (χ4n) is 3.54. The maximum absolute atomic E-state index is 13.2. The van der Waals surface area contributed by atoms with Crippen LogP contribution >= 0.6 is 0 Å². The molecule has 3 N–H and O–H groups in total. The highest BCUT2D eigenvalue weighted by Crippen LogP contribution is 2.25. The first-order valence-corrected chi connectivity index (χ1v) is 11.0. The Morgan fingerprint density at radius 3 is 2.77 bits per heavy atom. The van der Waals surface area contributed by atoms with Crippen molar-refractivity contribution in [3.63, 3.8) is 0 Å². The van der Waals surface area contributed by atoms with Crippen molar-refractivity contribution in [2.75, 3.05) is 0 Å². The van der Waals surface area contributed by atoms with Crippen LogP contribution < -0.4 is 16.8 Å². The average molecular weight is 468 g/mol. The SMILES string of the molecule is C=C(C=N/C=C\N)C(C)NC(=O)c1cc(-c2ccc(C)cn2)cc(-n2c(=O)oc3ccccc32)c1. The molecule has 8 nitrogen and oxygen atoms in total. The molecule has 4 aromatic rings. The number of oxazole rings is 1. The topological polar surface area (TPSA) is 116 Å². The number of aromatic nitrogens is 2. The largest absolute Gasteiger partial charge is 0.424 e. The Kier molecular flexibility index (Phi) is 6.73. The van der Waals surface area contributed by atoms with Gasteiger partial charge in [0.2, 0.25) is 0 Å². The first-order valence-electron chi connectivity index (χ1n) is 11.0. The van der Waals surface area contributed by atoms with E-state index in [-0.39, 0.29) is 11.9 Å². The van der Waals surface area contributed by atoms with E-state index >= 15 is 0 Å². The van der Waals surface area contributed by atoms with E-state index in [2.05, 4.69) is 21.9 Å². The highest BCUT2D eigenvalue weighted by Gasteiger charge is 2.17. The van der Waals surface area contributed by atoms with Crippen LogP contribution in [0.3, 0.4) is 0 Å². The molecule has 0 aliphatic rings. The first kappa shape index (κ1) is 23.4. The van der Waals surface area contributed by atoms with Crippen LogP contribution in [0.5, 0.6) is 0 Å². The Bertz CT molecular complexity index is 1510. The molecule has 0 spiro atoms. The lowest BCUT2D eigenvalue weighted by Crippen LogP contribution is -2.34. The highest BCUT2D eigenvalue weighted by molar-refractivity contribution is 5.97. The van der Waals surface area contributed by atoms with Gasteiger partial charge in [-0.15, -0.1) is 0 Å². The number of aryl methyl sites for hydroxylation is 1. The Morgan fingerprint density at radius 1 is 1.23 bits per heavy atom. The minimum atomic E-state index is -0.544. The van der Waals surface area contributed by atoms with E-state index in [4.69, 9.17) is 10.2 Å². The van der Waals surface area contributed by atoms with Crippen LogP contribution in [-0.4, -0.2) is 27.7 Å². The molecule has 1 atom stereocenters. The molecule has 0 aliphatic heterocycles. The van der Waals surface area contributed by atoms with Gasteiger partial charge in [0.1, 0.15) is 0 Å². The first-order chi connectivity index (χ1) is 16.9. The number of rotatable bonds is 7. The summed E-state index contributed by atoms with van der Waals surface area (Å²) in [7, 11) is 0. The van der Waals surface area contributed by atoms with Gasteiger partial charge < -0.3 is 15.5 Å². The molecule has 2 aromatic heterocycles. The standard InChI is InChI=1S/C27H25N5O3/c1-17-8-9-23(30-15-17)20-12-21(26(33)31-19(3)18(2)16-29-11-10-28)14-22(13-20)32-24-6-4-5-7-25(24)35-27(32)34/h4-16,19H,2,28H2,1,3H3,(H,31,33)/b11-10-,29-16?. The molecule has 0 fully saturated rings. The second-order valence-electron chi connectivity index (χ2n) is 8.05. The van der Waals surface area contributed by atoms with E-state index in [9.17, 15) is 9.59 Å². The van der Waals surface area contributed by atoms with Gasteiger partial charge in [-0.2, -0.15) is 0 Å². The number of aliphatic imine (C=N–C) groups is 1. The summed E-state index contributed by atoms with van der Waals surface area (Å²) in [5.74, 6) is -0.880. The minimum Gasteiger partial charge on any atom is -0.407 e. The third kappa shape index (κ3) is 5.11. The predicted octanol–water partition coefficient (Wildman–Crippen LogP) is 4.13. The molecule has 35 heavy (non-hydrogen) atoms. The number of nitrogens with zero attached hydrogens (tertiary/aromatic N) is 3. The van der Waals surface area contributed by atoms with Crippen LogP contribution in [0.4, 0.5) is 0 Å². The van der Waals surface area contributed by atoms with Crippen molar-refractivity contribution in [3.05, 3.63) is 107 Å². The number of fused-ring (bicyclic) bond motifs is 1. The van der Waals surface area contributed by atoms with Gasteiger partial charge in [0.25, 0.3) is 5.91 Å². The maximum Gasteiger partial charge on any atom is 0.424 e. The molecule has 0 aliphatic carbocycles. The van der Waals surface area contributed by atoms with Gasteiger partial charge in [-0.05, 0) is 61.4 Å². The average Bonchev–Trinajstić information content (AvgIpc) is 3.19. The Morgan fingerprint density at radius 2 is 2.03 bits per heavy atom. The Balaban J connectivity index is 1.78. The monoisotopic (exact) mass is 467 g/mol. The number of hydrogen-bond donors (Lipinski definition) is 2. The molecular formula is C27H25N5O3. The number of para-hydroxylation sites is 2. The van der Waals surface area contributed by atoms with Crippen molar-refractivity contribution < 1.29 is 9.21 Å². The van der Waals surface area contributed by atoms with E-state index in [0.29, 0.717) is 39.2 Å². The fraction of sp³-hybridized carbons (Fsp3) is 0.111. The normalized spacial score (nSPS) is 12.4. The van der Waals surface area contributed by atoms with Gasteiger partial charge in [0.05, 0.1) is 22.9 Å². The molecule has 1 unspecified atom stereocenters. The van der Waals surface area contributed by atoms with Gasteiger partial charge in [0, 0.05) is 35.9 Å². The molecule has 0 radical (unpaired) electrons. The van der Waals surface area contributed by atoms with E-state index in [1.54, 1.807) is 43.5 Å². The lowest BCUT2D eigenvalue weighted by molar-refractivity contribution is 0.0946. The zero-order chi connectivity index (χ0) is 24.9. The Labute approximate surface area is 202 Å². The lowest BCUT2D eigenvalue weighted by Gasteiger charge is -2.15. The minimum absolute atomic E-state index is 0.336. The van der Waals surface area contributed by atoms with E-state index in [0.717, 1.165) is 5.56 Å². The predicted molar refractivity (Wildman–Crippen MR) is 138 cm³/mol.